The van der Waals surface area contributed by atoms with Crippen LogP contribution in [0.4, 0.5) is 0 Å². The molecule has 0 heterocycles. The van der Waals surface area contributed by atoms with E-state index in [1.165, 1.54) is 0 Å². The molecule has 0 amide bonds. The second-order valence-corrected chi connectivity index (χ2v) is 8.14. The maximum absolute atomic E-state index is 11.2. The van der Waals surface area contributed by atoms with Crippen molar-refractivity contribution in [2.24, 2.45) is 0 Å². The van der Waals surface area contributed by atoms with Crippen molar-refractivity contribution in [3.8, 4) is 0 Å². The molecule has 0 saturated heterocycles. The molecule has 0 atom stereocenters. The Hall–Kier alpha value is -0.253. The SMILES string of the molecule is C=CS(=O)(=O)NCCC[Si](OCC)(OCC)OCC. The van der Waals surface area contributed by atoms with Gasteiger partial charge in [0.25, 0.3) is 0 Å². The normalized spacial score (nSPS) is 12.6. The zero-order valence-corrected chi connectivity index (χ0v) is 13.8. The summed E-state index contributed by atoms with van der Waals surface area (Å²) in [6.45, 7) is 10.8. The molecule has 0 spiro atoms. The summed E-state index contributed by atoms with van der Waals surface area (Å²) in [5.74, 6) is 0. The fourth-order valence-electron chi connectivity index (χ4n) is 1.58. The molecule has 114 valence electrons. The third kappa shape index (κ3) is 7.80. The van der Waals surface area contributed by atoms with Crippen LogP contribution in [-0.2, 0) is 23.3 Å². The fraction of sp³-hybridized carbons (Fsp3) is 0.818. The van der Waals surface area contributed by atoms with Gasteiger partial charge in [0.1, 0.15) is 0 Å². The Morgan fingerprint density at radius 2 is 1.58 bits per heavy atom. The highest BCUT2D eigenvalue weighted by Gasteiger charge is 2.39. The summed E-state index contributed by atoms with van der Waals surface area (Å²) < 4.78 is 41.8. The van der Waals surface area contributed by atoms with E-state index < -0.39 is 18.8 Å². The van der Waals surface area contributed by atoms with E-state index in [9.17, 15) is 8.42 Å². The number of hydrogen-bond acceptors (Lipinski definition) is 5. The quantitative estimate of drug-likeness (QED) is 0.436. The lowest BCUT2D eigenvalue weighted by Gasteiger charge is -2.28. The molecular formula is C11H25NO5SSi. The Kier molecular flexibility index (Phi) is 9.49. The first kappa shape index (κ1) is 18.7. The van der Waals surface area contributed by atoms with Gasteiger partial charge in [0.2, 0.25) is 10.0 Å². The van der Waals surface area contributed by atoms with Crippen molar-refractivity contribution >= 4 is 18.8 Å². The molecule has 0 aromatic rings. The van der Waals surface area contributed by atoms with Crippen LogP contribution in [0, 0.1) is 0 Å². The smallest absolute Gasteiger partial charge is 0.374 e. The molecule has 0 aliphatic carbocycles. The van der Waals surface area contributed by atoms with Gasteiger partial charge < -0.3 is 13.3 Å². The number of nitrogens with one attached hydrogen (secondary N) is 1. The maximum Gasteiger partial charge on any atom is 0.500 e. The highest BCUT2D eigenvalue weighted by Crippen LogP contribution is 2.17. The molecule has 0 bridgehead atoms. The molecule has 1 N–H and O–H groups in total. The predicted molar refractivity (Wildman–Crippen MR) is 77.2 cm³/mol. The largest absolute Gasteiger partial charge is 0.500 e. The van der Waals surface area contributed by atoms with Crippen molar-refractivity contribution in [2.75, 3.05) is 26.4 Å². The first-order chi connectivity index (χ1) is 8.95. The topological polar surface area (TPSA) is 73.9 Å². The molecule has 19 heavy (non-hydrogen) atoms. The summed E-state index contributed by atoms with van der Waals surface area (Å²) in [4.78, 5) is 0. The predicted octanol–water partition coefficient (Wildman–Crippen LogP) is 1.49. The molecule has 0 aromatic heterocycles. The van der Waals surface area contributed by atoms with Crippen molar-refractivity contribution in [3.63, 3.8) is 0 Å². The van der Waals surface area contributed by atoms with E-state index in [0.717, 1.165) is 5.41 Å². The average Bonchev–Trinajstić information content (AvgIpc) is 2.36. The molecule has 0 aromatic carbocycles. The molecule has 0 aliphatic heterocycles. The Balaban J connectivity index is 4.35. The Morgan fingerprint density at radius 1 is 1.11 bits per heavy atom. The molecular weight excluding hydrogens is 286 g/mol. The van der Waals surface area contributed by atoms with Gasteiger partial charge in [-0.15, -0.1) is 0 Å². The van der Waals surface area contributed by atoms with E-state index in [0.29, 0.717) is 38.8 Å². The fourth-order valence-corrected chi connectivity index (χ4v) is 4.74. The van der Waals surface area contributed by atoms with Gasteiger partial charge in [-0.05, 0) is 27.2 Å². The Morgan fingerprint density at radius 3 is 1.95 bits per heavy atom. The second-order valence-electron chi connectivity index (χ2n) is 3.69. The van der Waals surface area contributed by atoms with Crippen LogP contribution in [-0.4, -0.2) is 43.6 Å². The summed E-state index contributed by atoms with van der Waals surface area (Å²) in [5, 5.41) is 0.894. The number of sulfonamides is 1. The van der Waals surface area contributed by atoms with E-state index >= 15 is 0 Å². The van der Waals surface area contributed by atoms with Gasteiger partial charge in [-0.1, -0.05) is 6.58 Å². The molecule has 6 nitrogen and oxygen atoms in total. The van der Waals surface area contributed by atoms with Crippen LogP contribution < -0.4 is 4.72 Å². The van der Waals surface area contributed by atoms with Crippen molar-refractivity contribution in [2.45, 2.75) is 33.2 Å². The number of rotatable bonds is 12. The van der Waals surface area contributed by atoms with Crippen LogP contribution in [0.5, 0.6) is 0 Å². The van der Waals surface area contributed by atoms with Crippen molar-refractivity contribution in [1.82, 2.24) is 4.72 Å². The molecule has 0 fully saturated rings. The minimum atomic E-state index is -3.37. The Labute approximate surface area is 117 Å². The standard InChI is InChI=1S/C11H25NO5SSi/c1-5-15-19(16-6-2,17-7-3)11-9-10-12-18(13,14)8-4/h8,12H,4-7,9-11H2,1-3H3. The summed E-state index contributed by atoms with van der Waals surface area (Å²) >= 11 is 0. The first-order valence-corrected chi connectivity index (χ1v) is 9.97. The van der Waals surface area contributed by atoms with Crippen LogP contribution in [0.2, 0.25) is 6.04 Å². The summed E-state index contributed by atoms with van der Waals surface area (Å²) in [6.07, 6.45) is 0.597. The van der Waals surface area contributed by atoms with Crippen LogP contribution in [0.3, 0.4) is 0 Å². The second kappa shape index (κ2) is 9.62. The van der Waals surface area contributed by atoms with Gasteiger partial charge in [0.05, 0.1) is 0 Å². The molecule has 0 saturated carbocycles. The van der Waals surface area contributed by atoms with E-state index in [1.807, 2.05) is 20.8 Å². The van der Waals surface area contributed by atoms with E-state index in [4.69, 9.17) is 13.3 Å². The molecule has 0 aliphatic rings. The van der Waals surface area contributed by atoms with Gasteiger partial charge >= 0.3 is 8.80 Å². The molecule has 8 heteroatoms. The zero-order valence-electron chi connectivity index (χ0n) is 12.0. The Bertz CT molecular complexity index is 330. The highest BCUT2D eigenvalue weighted by molar-refractivity contribution is 7.92. The lowest BCUT2D eigenvalue weighted by Crippen LogP contribution is -2.46. The lowest BCUT2D eigenvalue weighted by molar-refractivity contribution is 0.0709. The highest BCUT2D eigenvalue weighted by atomic mass is 32.2. The van der Waals surface area contributed by atoms with Gasteiger partial charge in [0.15, 0.2) is 0 Å². The third-order valence-corrected chi connectivity index (χ3v) is 6.47. The average molecular weight is 311 g/mol. The molecule has 0 rings (SSSR count). The monoisotopic (exact) mass is 311 g/mol. The van der Waals surface area contributed by atoms with Crippen molar-refractivity contribution in [1.29, 1.82) is 0 Å². The summed E-state index contributed by atoms with van der Waals surface area (Å²) in [6, 6.07) is 0.585. The van der Waals surface area contributed by atoms with Crippen molar-refractivity contribution < 1.29 is 21.7 Å². The number of hydrogen-bond donors (Lipinski definition) is 1. The third-order valence-electron chi connectivity index (χ3n) is 2.28. The van der Waals surface area contributed by atoms with E-state index in [1.54, 1.807) is 0 Å². The minimum absolute atomic E-state index is 0.316. The zero-order chi connectivity index (χ0) is 14.8. The first-order valence-electron chi connectivity index (χ1n) is 6.49. The maximum atomic E-state index is 11.2. The van der Waals surface area contributed by atoms with Gasteiger partial charge in [-0.25, -0.2) is 13.1 Å². The summed E-state index contributed by atoms with van der Waals surface area (Å²) in [5.41, 5.74) is 0. The lowest BCUT2D eigenvalue weighted by atomic mass is 10.5. The van der Waals surface area contributed by atoms with E-state index in [-0.39, 0.29) is 0 Å². The molecule has 0 unspecified atom stereocenters. The minimum Gasteiger partial charge on any atom is -0.374 e. The summed E-state index contributed by atoms with van der Waals surface area (Å²) in [7, 11) is -6.03. The van der Waals surface area contributed by atoms with Crippen LogP contribution >= 0.6 is 0 Å². The molecule has 0 radical (unpaired) electrons. The van der Waals surface area contributed by atoms with E-state index in [2.05, 4.69) is 11.3 Å². The van der Waals surface area contributed by atoms with Gasteiger partial charge in [0, 0.05) is 37.8 Å². The van der Waals surface area contributed by atoms with Crippen LogP contribution in [0.15, 0.2) is 12.0 Å². The van der Waals surface area contributed by atoms with Crippen molar-refractivity contribution in [3.05, 3.63) is 12.0 Å². The van der Waals surface area contributed by atoms with Gasteiger partial charge in [-0.3, -0.25) is 0 Å². The van der Waals surface area contributed by atoms with Gasteiger partial charge in [-0.2, -0.15) is 0 Å². The van der Waals surface area contributed by atoms with Crippen LogP contribution in [0.1, 0.15) is 27.2 Å². The van der Waals surface area contributed by atoms with Crippen LogP contribution in [0.25, 0.3) is 0 Å².